The summed E-state index contributed by atoms with van der Waals surface area (Å²) in [6.07, 6.45) is 5.32. The molecule has 0 aliphatic heterocycles. The average Bonchev–Trinajstić information content (AvgIpc) is 3.21. The van der Waals surface area contributed by atoms with Crippen molar-refractivity contribution >= 4 is 23.4 Å². The van der Waals surface area contributed by atoms with Crippen LogP contribution in [0.1, 0.15) is 31.2 Å². The lowest BCUT2D eigenvalue weighted by Gasteiger charge is -2.15. The molecule has 1 amide bonds. The van der Waals surface area contributed by atoms with E-state index in [1.807, 2.05) is 30.0 Å². The lowest BCUT2D eigenvalue weighted by atomic mass is 10.1. The van der Waals surface area contributed by atoms with Crippen molar-refractivity contribution in [2.75, 3.05) is 26.6 Å². The highest BCUT2D eigenvalue weighted by Gasteiger charge is 2.19. The number of methoxy groups -OCH3 is 3. The average molecular weight is 402 g/mol. The van der Waals surface area contributed by atoms with E-state index >= 15 is 0 Å². The minimum atomic E-state index is -0.0752. The van der Waals surface area contributed by atoms with E-state index in [4.69, 9.17) is 14.2 Å². The molecule has 3 rings (SSSR count). The number of amides is 1. The van der Waals surface area contributed by atoms with Gasteiger partial charge in [-0.3, -0.25) is 4.79 Å². The Balaban J connectivity index is 1.72. The maximum atomic E-state index is 12.7. The van der Waals surface area contributed by atoms with Crippen LogP contribution in [0, 0.1) is 0 Å². The molecule has 0 spiro atoms. The zero-order valence-corrected chi connectivity index (χ0v) is 17.4. The van der Waals surface area contributed by atoms with Crippen molar-refractivity contribution in [3.05, 3.63) is 42.0 Å². The van der Waals surface area contributed by atoms with Crippen molar-refractivity contribution in [2.45, 2.75) is 42.2 Å². The van der Waals surface area contributed by atoms with E-state index in [2.05, 4.69) is 11.4 Å². The summed E-state index contributed by atoms with van der Waals surface area (Å²) in [4.78, 5) is 13.8. The maximum Gasteiger partial charge on any atom is 0.228 e. The van der Waals surface area contributed by atoms with Gasteiger partial charge in [0.1, 0.15) is 0 Å². The smallest absolute Gasteiger partial charge is 0.228 e. The number of rotatable bonds is 8. The van der Waals surface area contributed by atoms with Crippen LogP contribution in [0.2, 0.25) is 0 Å². The van der Waals surface area contributed by atoms with Gasteiger partial charge in [0, 0.05) is 10.1 Å². The van der Waals surface area contributed by atoms with Crippen molar-refractivity contribution in [3.8, 4) is 17.2 Å². The Morgan fingerprint density at radius 1 is 1.04 bits per heavy atom. The van der Waals surface area contributed by atoms with Gasteiger partial charge in [0.2, 0.25) is 11.7 Å². The fourth-order valence-corrected chi connectivity index (χ4v) is 4.81. The van der Waals surface area contributed by atoms with E-state index in [0.29, 0.717) is 22.5 Å². The van der Waals surface area contributed by atoms with Crippen LogP contribution in [0.4, 0.5) is 5.69 Å². The highest BCUT2D eigenvalue weighted by Crippen LogP contribution is 2.39. The van der Waals surface area contributed by atoms with Crippen molar-refractivity contribution in [3.63, 3.8) is 0 Å². The zero-order chi connectivity index (χ0) is 19.9. The monoisotopic (exact) mass is 401 g/mol. The number of hydrogen-bond donors (Lipinski definition) is 1. The Hall–Kier alpha value is -2.34. The van der Waals surface area contributed by atoms with Crippen molar-refractivity contribution in [2.24, 2.45) is 0 Å². The summed E-state index contributed by atoms with van der Waals surface area (Å²) in [7, 11) is 4.70. The second kappa shape index (κ2) is 9.73. The molecule has 1 aliphatic carbocycles. The van der Waals surface area contributed by atoms with Gasteiger partial charge in [-0.15, -0.1) is 11.8 Å². The molecule has 0 aromatic heterocycles. The summed E-state index contributed by atoms with van der Waals surface area (Å²) >= 11 is 1.87. The summed E-state index contributed by atoms with van der Waals surface area (Å²) in [6, 6.07) is 11.6. The number of benzene rings is 2. The zero-order valence-electron chi connectivity index (χ0n) is 16.6. The third kappa shape index (κ3) is 4.93. The first-order valence-corrected chi connectivity index (χ1v) is 10.4. The van der Waals surface area contributed by atoms with Gasteiger partial charge in [-0.2, -0.15) is 0 Å². The quantitative estimate of drug-likeness (QED) is 0.680. The molecule has 28 heavy (non-hydrogen) atoms. The summed E-state index contributed by atoms with van der Waals surface area (Å²) < 4.78 is 16.1. The molecule has 150 valence electrons. The van der Waals surface area contributed by atoms with Crippen LogP contribution < -0.4 is 19.5 Å². The van der Waals surface area contributed by atoms with Gasteiger partial charge < -0.3 is 19.5 Å². The number of nitrogens with one attached hydrogen (secondary N) is 1. The van der Waals surface area contributed by atoms with E-state index in [1.165, 1.54) is 25.7 Å². The van der Waals surface area contributed by atoms with Crippen LogP contribution >= 0.6 is 11.8 Å². The van der Waals surface area contributed by atoms with Crippen LogP contribution in [0.3, 0.4) is 0 Å². The predicted octanol–water partition coefficient (Wildman–Crippen LogP) is 4.93. The molecular weight excluding hydrogens is 374 g/mol. The maximum absolute atomic E-state index is 12.7. The fraction of sp³-hybridized carbons (Fsp3) is 0.409. The molecule has 1 saturated carbocycles. The third-order valence-corrected chi connectivity index (χ3v) is 6.26. The highest BCUT2D eigenvalue weighted by molar-refractivity contribution is 8.00. The molecule has 6 heteroatoms. The number of carbonyl (C=O) groups excluding carboxylic acids is 1. The number of para-hydroxylation sites is 1. The summed E-state index contributed by atoms with van der Waals surface area (Å²) in [5.41, 5.74) is 1.67. The Labute approximate surface area is 170 Å². The van der Waals surface area contributed by atoms with E-state index in [-0.39, 0.29) is 12.3 Å². The summed E-state index contributed by atoms with van der Waals surface area (Å²) in [6.45, 7) is 0. The first kappa shape index (κ1) is 20.4. The molecule has 0 atom stereocenters. The molecule has 0 saturated heterocycles. The number of anilines is 1. The third-order valence-electron chi connectivity index (χ3n) is 4.85. The summed E-state index contributed by atoms with van der Waals surface area (Å²) in [5.74, 6) is 1.53. The van der Waals surface area contributed by atoms with Gasteiger partial charge in [-0.1, -0.05) is 25.0 Å². The molecule has 0 unspecified atom stereocenters. The van der Waals surface area contributed by atoms with Crippen molar-refractivity contribution in [1.82, 2.24) is 0 Å². The van der Waals surface area contributed by atoms with E-state index in [0.717, 1.165) is 16.1 Å². The van der Waals surface area contributed by atoms with Crippen LogP contribution in [-0.2, 0) is 11.2 Å². The molecule has 1 fully saturated rings. The van der Waals surface area contributed by atoms with Gasteiger partial charge in [-0.25, -0.2) is 0 Å². The first-order valence-electron chi connectivity index (χ1n) is 9.49. The molecular formula is C22H27NO4S. The lowest BCUT2D eigenvalue weighted by molar-refractivity contribution is -0.115. The van der Waals surface area contributed by atoms with E-state index in [9.17, 15) is 4.79 Å². The van der Waals surface area contributed by atoms with Crippen molar-refractivity contribution in [1.29, 1.82) is 0 Å². The van der Waals surface area contributed by atoms with Gasteiger partial charge in [0.15, 0.2) is 11.5 Å². The Kier molecular flexibility index (Phi) is 7.09. The minimum absolute atomic E-state index is 0.0752. The van der Waals surface area contributed by atoms with Gasteiger partial charge in [-0.05, 0) is 42.7 Å². The molecule has 0 heterocycles. The second-order valence-corrected chi connectivity index (χ2v) is 8.12. The molecule has 1 N–H and O–H groups in total. The Morgan fingerprint density at radius 2 is 1.68 bits per heavy atom. The van der Waals surface area contributed by atoms with Crippen LogP contribution in [0.5, 0.6) is 17.2 Å². The van der Waals surface area contributed by atoms with Crippen LogP contribution in [0.25, 0.3) is 0 Å². The minimum Gasteiger partial charge on any atom is -0.493 e. The standard InChI is InChI=1S/C22H27NO4S/c1-25-18-12-15(13-19(26-2)22(18)27-3)14-21(24)23-17-10-6-7-11-20(17)28-16-8-4-5-9-16/h6-7,10-13,16H,4-5,8-9,14H2,1-3H3,(H,23,24). The van der Waals surface area contributed by atoms with Gasteiger partial charge in [0.25, 0.3) is 0 Å². The normalized spacial score (nSPS) is 14.0. The molecule has 2 aromatic carbocycles. The molecule has 0 bridgehead atoms. The molecule has 0 radical (unpaired) electrons. The molecule has 2 aromatic rings. The fourth-order valence-electron chi connectivity index (χ4n) is 3.48. The Morgan fingerprint density at radius 3 is 2.29 bits per heavy atom. The lowest BCUT2D eigenvalue weighted by Crippen LogP contribution is -2.15. The predicted molar refractivity (Wildman–Crippen MR) is 113 cm³/mol. The second-order valence-electron chi connectivity index (χ2n) is 6.78. The first-order chi connectivity index (χ1) is 13.6. The molecule has 1 aliphatic rings. The van der Waals surface area contributed by atoms with Crippen LogP contribution in [-0.4, -0.2) is 32.5 Å². The number of thioether (sulfide) groups is 1. The number of ether oxygens (including phenoxy) is 3. The number of hydrogen-bond acceptors (Lipinski definition) is 5. The van der Waals surface area contributed by atoms with Gasteiger partial charge >= 0.3 is 0 Å². The highest BCUT2D eigenvalue weighted by atomic mass is 32.2. The van der Waals surface area contributed by atoms with Gasteiger partial charge in [0.05, 0.1) is 33.4 Å². The number of carbonyl (C=O) groups is 1. The largest absolute Gasteiger partial charge is 0.493 e. The SMILES string of the molecule is COc1cc(CC(=O)Nc2ccccc2SC2CCCC2)cc(OC)c1OC. The summed E-state index contributed by atoms with van der Waals surface area (Å²) in [5, 5.41) is 3.71. The van der Waals surface area contributed by atoms with E-state index in [1.54, 1.807) is 33.5 Å². The topological polar surface area (TPSA) is 56.8 Å². The van der Waals surface area contributed by atoms with E-state index < -0.39 is 0 Å². The van der Waals surface area contributed by atoms with Crippen molar-refractivity contribution < 1.29 is 19.0 Å². The Bertz CT molecular complexity index is 793. The van der Waals surface area contributed by atoms with Crippen LogP contribution in [0.15, 0.2) is 41.3 Å². The molecule has 5 nitrogen and oxygen atoms in total.